The number of amides is 1. The molecule has 2 aromatic rings. The van der Waals surface area contributed by atoms with Crippen LogP contribution in [0.5, 0.6) is 0 Å². The molecule has 0 spiro atoms. The van der Waals surface area contributed by atoms with E-state index < -0.39 is 11.7 Å². The standard InChI is InChI=1S/C19H19ClF3N3O/c20-16-5-2-14(3-6-16)12-18(27)26-9-1-8-25(10-11-26)17-7-4-15(13-24-17)19(21,22)23/h2-7,13H,1,8-12H2. The SMILES string of the molecule is O=C(Cc1ccc(Cl)cc1)N1CCCN(c2ccc(C(F)(F)F)cn2)CC1. The van der Waals surface area contributed by atoms with Gasteiger partial charge in [0.15, 0.2) is 0 Å². The number of nitrogens with zero attached hydrogens (tertiary/aromatic N) is 3. The van der Waals surface area contributed by atoms with Gasteiger partial charge in [-0.2, -0.15) is 13.2 Å². The third-order valence-corrected chi connectivity index (χ3v) is 4.77. The molecule has 0 radical (unpaired) electrons. The van der Waals surface area contributed by atoms with Crippen LogP contribution in [0.3, 0.4) is 0 Å². The number of halogens is 4. The minimum Gasteiger partial charge on any atom is -0.355 e. The minimum absolute atomic E-state index is 0.0274. The van der Waals surface area contributed by atoms with Crippen molar-refractivity contribution in [1.82, 2.24) is 9.88 Å². The van der Waals surface area contributed by atoms with Crippen LogP contribution in [0.1, 0.15) is 17.5 Å². The Hall–Kier alpha value is -2.28. The highest BCUT2D eigenvalue weighted by molar-refractivity contribution is 6.30. The lowest BCUT2D eigenvalue weighted by atomic mass is 10.1. The van der Waals surface area contributed by atoms with E-state index in [0.29, 0.717) is 43.4 Å². The molecule has 1 saturated heterocycles. The van der Waals surface area contributed by atoms with Crippen molar-refractivity contribution in [3.8, 4) is 0 Å². The molecule has 4 nitrogen and oxygen atoms in total. The van der Waals surface area contributed by atoms with E-state index in [1.165, 1.54) is 6.07 Å². The van der Waals surface area contributed by atoms with E-state index in [1.54, 1.807) is 17.0 Å². The number of pyridine rings is 1. The summed E-state index contributed by atoms with van der Waals surface area (Å²) >= 11 is 5.86. The van der Waals surface area contributed by atoms with Gasteiger partial charge in [-0.05, 0) is 36.2 Å². The average Bonchev–Trinajstić information content (AvgIpc) is 2.89. The third-order valence-electron chi connectivity index (χ3n) is 4.52. The summed E-state index contributed by atoms with van der Waals surface area (Å²) in [4.78, 5) is 20.2. The molecule has 0 N–H and O–H groups in total. The van der Waals surface area contributed by atoms with E-state index >= 15 is 0 Å². The lowest BCUT2D eigenvalue weighted by Gasteiger charge is -2.23. The van der Waals surface area contributed by atoms with Gasteiger partial charge in [-0.25, -0.2) is 4.98 Å². The van der Waals surface area contributed by atoms with Gasteiger partial charge in [0, 0.05) is 37.4 Å². The molecule has 8 heteroatoms. The molecule has 0 aliphatic carbocycles. The van der Waals surface area contributed by atoms with Crippen molar-refractivity contribution in [1.29, 1.82) is 0 Å². The zero-order valence-electron chi connectivity index (χ0n) is 14.5. The lowest BCUT2D eigenvalue weighted by Crippen LogP contribution is -2.36. The van der Waals surface area contributed by atoms with Crippen LogP contribution in [0, 0.1) is 0 Å². The molecule has 0 bridgehead atoms. The second kappa shape index (κ2) is 8.17. The van der Waals surface area contributed by atoms with Gasteiger partial charge in [0.25, 0.3) is 0 Å². The van der Waals surface area contributed by atoms with Crippen LogP contribution in [0.25, 0.3) is 0 Å². The van der Waals surface area contributed by atoms with Gasteiger partial charge in [-0.3, -0.25) is 4.79 Å². The van der Waals surface area contributed by atoms with Crippen LogP contribution in [-0.4, -0.2) is 42.0 Å². The predicted molar refractivity (Wildman–Crippen MR) is 97.8 cm³/mol. The first-order valence-electron chi connectivity index (χ1n) is 8.63. The maximum Gasteiger partial charge on any atom is 0.417 e. The normalized spacial score (nSPS) is 15.6. The van der Waals surface area contributed by atoms with Crippen LogP contribution in [-0.2, 0) is 17.4 Å². The molecule has 3 rings (SSSR count). The Labute approximate surface area is 160 Å². The molecule has 1 aromatic heterocycles. The molecular formula is C19H19ClF3N3O. The van der Waals surface area contributed by atoms with E-state index in [2.05, 4.69) is 4.98 Å². The highest BCUT2D eigenvalue weighted by Crippen LogP contribution is 2.29. The smallest absolute Gasteiger partial charge is 0.355 e. The van der Waals surface area contributed by atoms with Crippen LogP contribution in [0.2, 0.25) is 5.02 Å². The Kier molecular flexibility index (Phi) is 5.89. The number of hydrogen-bond acceptors (Lipinski definition) is 3. The fourth-order valence-electron chi connectivity index (χ4n) is 3.03. The van der Waals surface area contributed by atoms with Gasteiger partial charge < -0.3 is 9.80 Å². The third kappa shape index (κ3) is 5.13. The molecule has 0 unspecified atom stereocenters. The van der Waals surface area contributed by atoms with E-state index in [1.807, 2.05) is 17.0 Å². The first-order valence-corrected chi connectivity index (χ1v) is 9.01. The minimum atomic E-state index is -4.39. The zero-order valence-corrected chi connectivity index (χ0v) is 15.3. The van der Waals surface area contributed by atoms with Crippen molar-refractivity contribution in [3.05, 3.63) is 58.7 Å². The number of rotatable bonds is 3. The molecule has 1 aromatic carbocycles. The second-order valence-electron chi connectivity index (χ2n) is 6.43. The zero-order chi connectivity index (χ0) is 19.4. The molecule has 1 aliphatic heterocycles. The van der Waals surface area contributed by atoms with Gasteiger partial charge >= 0.3 is 6.18 Å². The average molecular weight is 398 g/mol. The quantitative estimate of drug-likeness (QED) is 0.784. The van der Waals surface area contributed by atoms with Crippen molar-refractivity contribution in [3.63, 3.8) is 0 Å². The predicted octanol–water partition coefficient (Wildman–Crippen LogP) is 4.04. The molecule has 27 heavy (non-hydrogen) atoms. The fourth-order valence-corrected chi connectivity index (χ4v) is 3.15. The first kappa shape index (κ1) is 19.5. The number of benzene rings is 1. The number of alkyl halides is 3. The molecule has 0 atom stereocenters. The van der Waals surface area contributed by atoms with Crippen molar-refractivity contribution < 1.29 is 18.0 Å². The molecular weight excluding hydrogens is 379 g/mol. The van der Waals surface area contributed by atoms with E-state index in [9.17, 15) is 18.0 Å². The molecule has 1 amide bonds. The molecule has 1 aliphatic rings. The Morgan fingerprint density at radius 2 is 1.78 bits per heavy atom. The van der Waals surface area contributed by atoms with Crippen LogP contribution in [0.15, 0.2) is 42.6 Å². The van der Waals surface area contributed by atoms with E-state index in [4.69, 9.17) is 11.6 Å². The van der Waals surface area contributed by atoms with Crippen molar-refractivity contribution in [2.45, 2.75) is 19.0 Å². The van der Waals surface area contributed by atoms with Gasteiger partial charge in [-0.1, -0.05) is 23.7 Å². The lowest BCUT2D eigenvalue weighted by molar-refractivity contribution is -0.137. The first-order chi connectivity index (χ1) is 12.8. The van der Waals surface area contributed by atoms with Crippen LogP contribution >= 0.6 is 11.6 Å². The van der Waals surface area contributed by atoms with E-state index in [-0.39, 0.29) is 5.91 Å². The monoisotopic (exact) mass is 397 g/mol. The number of anilines is 1. The van der Waals surface area contributed by atoms with Gasteiger partial charge in [0.2, 0.25) is 5.91 Å². The number of aromatic nitrogens is 1. The summed E-state index contributed by atoms with van der Waals surface area (Å²) in [5, 5.41) is 0.626. The number of hydrogen-bond donors (Lipinski definition) is 0. The summed E-state index contributed by atoms with van der Waals surface area (Å²) in [7, 11) is 0. The van der Waals surface area contributed by atoms with Gasteiger partial charge in [0.1, 0.15) is 5.82 Å². The fraction of sp³-hybridized carbons (Fsp3) is 0.368. The van der Waals surface area contributed by atoms with Crippen LogP contribution in [0.4, 0.5) is 19.0 Å². The van der Waals surface area contributed by atoms with Gasteiger partial charge in [0.05, 0.1) is 12.0 Å². The highest BCUT2D eigenvalue weighted by atomic mass is 35.5. The molecule has 1 fully saturated rings. The van der Waals surface area contributed by atoms with Crippen LogP contribution < -0.4 is 4.90 Å². The summed E-state index contributed by atoms with van der Waals surface area (Å²) < 4.78 is 38.0. The largest absolute Gasteiger partial charge is 0.417 e. The summed E-state index contributed by atoms with van der Waals surface area (Å²) in [5.74, 6) is 0.523. The summed E-state index contributed by atoms with van der Waals surface area (Å²) in [5.41, 5.74) is 0.135. The summed E-state index contributed by atoms with van der Waals surface area (Å²) in [6, 6.07) is 9.59. The highest BCUT2D eigenvalue weighted by Gasteiger charge is 2.31. The Bertz CT molecular complexity index is 778. The summed E-state index contributed by atoms with van der Waals surface area (Å²) in [6.07, 6.45) is -2.51. The van der Waals surface area contributed by atoms with Crippen molar-refractivity contribution in [2.75, 3.05) is 31.1 Å². The van der Waals surface area contributed by atoms with Crippen molar-refractivity contribution >= 4 is 23.3 Å². The molecule has 144 valence electrons. The molecule has 2 heterocycles. The maximum atomic E-state index is 12.7. The van der Waals surface area contributed by atoms with Crippen molar-refractivity contribution in [2.24, 2.45) is 0 Å². The van der Waals surface area contributed by atoms with E-state index in [0.717, 1.165) is 24.2 Å². The Balaban J connectivity index is 1.59. The summed E-state index contributed by atoms with van der Waals surface area (Å²) in [6.45, 7) is 2.30. The van der Waals surface area contributed by atoms with Gasteiger partial charge in [-0.15, -0.1) is 0 Å². The maximum absolute atomic E-state index is 12.7. The Morgan fingerprint density at radius 3 is 2.41 bits per heavy atom. The second-order valence-corrected chi connectivity index (χ2v) is 6.86. The Morgan fingerprint density at radius 1 is 1.04 bits per heavy atom. The number of carbonyl (C=O) groups excluding carboxylic acids is 1. The number of carbonyl (C=O) groups is 1. The molecule has 0 saturated carbocycles. The topological polar surface area (TPSA) is 36.4 Å².